The van der Waals surface area contributed by atoms with Gasteiger partial charge in [0.05, 0.1) is 0 Å². The maximum absolute atomic E-state index is 13.5. The van der Waals surface area contributed by atoms with Gasteiger partial charge in [-0.1, -0.05) is 12.1 Å². The number of hydrogen-bond donors (Lipinski definition) is 1. The van der Waals surface area contributed by atoms with Crippen molar-refractivity contribution < 1.29 is 19.5 Å². The van der Waals surface area contributed by atoms with Crippen molar-refractivity contribution in [2.24, 2.45) is 0 Å². The standard InChI is InChI=1S/C28H38N6O4/c1-19-6-4-8-23(21(19)3)30-10-12-31(13-11-30)25(36)17-34-24-9-5-7-22(24)27(29-34)28(38)33-15-14-32(16-20(33)2)26(37)18-35/h4,6,8,20,35H,5,7,9-18H2,1-3H3/t20-/m0/s1. The number of hydrogen-bond acceptors (Lipinski definition) is 6. The van der Waals surface area contributed by atoms with Crippen molar-refractivity contribution in [2.75, 3.05) is 57.3 Å². The minimum absolute atomic E-state index is 0.0336. The molecule has 10 nitrogen and oxygen atoms in total. The lowest BCUT2D eigenvalue weighted by Crippen LogP contribution is -2.56. The fourth-order valence-electron chi connectivity index (χ4n) is 6.04. The van der Waals surface area contributed by atoms with Crippen molar-refractivity contribution in [1.82, 2.24) is 24.5 Å². The Kier molecular flexibility index (Phi) is 7.43. The number of amides is 3. The third-order valence-electron chi connectivity index (χ3n) is 8.42. The van der Waals surface area contributed by atoms with E-state index in [4.69, 9.17) is 5.11 Å². The minimum Gasteiger partial charge on any atom is -0.387 e. The average Bonchev–Trinajstić information content (AvgIpc) is 3.53. The topological polar surface area (TPSA) is 102 Å². The molecule has 0 saturated carbocycles. The first kappa shape index (κ1) is 26.2. The van der Waals surface area contributed by atoms with Crippen LogP contribution in [0.15, 0.2) is 18.2 Å². The van der Waals surface area contributed by atoms with Crippen LogP contribution in [0.25, 0.3) is 0 Å². The Balaban J connectivity index is 1.24. The van der Waals surface area contributed by atoms with E-state index < -0.39 is 6.61 Å². The van der Waals surface area contributed by atoms with Crippen LogP contribution in [-0.2, 0) is 29.0 Å². The Labute approximate surface area is 223 Å². The zero-order valence-corrected chi connectivity index (χ0v) is 22.6. The summed E-state index contributed by atoms with van der Waals surface area (Å²) in [6.45, 7) is 9.90. The van der Waals surface area contributed by atoms with E-state index in [0.717, 1.165) is 43.6 Å². The molecule has 3 aliphatic rings. The van der Waals surface area contributed by atoms with Gasteiger partial charge >= 0.3 is 0 Å². The Hall–Kier alpha value is -3.40. The monoisotopic (exact) mass is 522 g/mol. The van der Waals surface area contributed by atoms with Crippen molar-refractivity contribution in [3.8, 4) is 0 Å². The SMILES string of the molecule is Cc1cccc(N2CCN(C(=O)Cn3nc(C(=O)N4CCN(C(=O)CO)C[C@@H]4C)c4c3CCC4)CC2)c1C. The quantitative estimate of drug-likeness (QED) is 0.629. The maximum Gasteiger partial charge on any atom is 0.275 e. The van der Waals surface area contributed by atoms with Gasteiger partial charge < -0.3 is 24.7 Å². The first-order valence-electron chi connectivity index (χ1n) is 13.7. The second-order valence-corrected chi connectivity index (χ2v) is 10.7. The number of fused-ring (bicyclic) bond motifs is 1. The number of aromatic nitrogens is 2. The van der Waals surface area contributed by atoms with Crippen LogP contribution in [0, 0.1) is 13.8 Å². The highest BCUT2D eigenvalue weighted by molar-refractivity contribution is 5.95. The van der Waals surface area contributed by atoms with Crippen LogP contribution in [0.4, 0.5) is 5.69 Å². The Morgan fingerprint density at radius 3 is 2.42 bits per heavy atom. The number of carbonyl (C=O) groups is 3. The van der Waals surface area contributed by atoms with E-state index in [1.807, 2.05) is 11.8 Å². The predicted octanol–water partition coefficient (Wildman–Crippen LogP) is 1.00. The summed E-state index contributed by atoms with van der Waals surface area (Å²) < 4.78 is 1.76. The van der Waals surface area contributed by atoms with Crippen LogP contribution in [0.3, 0.4) is 0 Å². The summed E-state index contributed by atoms with van der Waals surface area (Å²) in [6, 6.07) is 6.18. The van der Waals surface area contributed by atoms with Crippen molar-refractivity contribution >= 4 is 23.4 Å². The molecule has 0 bridgehead atoms. The molecule has 2 fully saturated rings. The Bertz CT molecular complexity index is 1230. The van der Waals surface area contributed by atoms with Gasteiger partial charge in [0.2, 0.25) is 11.8 Å². The largest absolute Gasteiger partial charge is 0.387 e. The van der Waals surface area contributed by atoms with Crippen LogP contribution >= 0.6 is 0 Å². The average molecular weight is 523 g/mol. The third kappa shape index (κ3) is 4.89. The number of aliphatic hydroxyl groups excluding tert-OH is 1. The number of carbonyl (C=O) groups excluding carboxylic acids is 3. The molecule has 3 amide bonds. The lowest BCUT2D eigenvalue weighted by Gasteiger charge is -2.39. The molecule has 5 rings (SSSR count). The van der Waals surface area contributed by atoms with Gasteiger partial charge in [0.25, 0.3) is 5.91 Å². The zero-order chi connectivity index (χ0) is 27.0. The molecule has 1 aromatic carbocycles. The third-order valence-corrected chi connectivity index (χ3v) is 8.42. The summed E-state index contributed by atoms with van der Waals surface area (Å²) in [6.07, 6.45) is 2.55. The Morgan fingerprint density at radius 1 is 0.974 bits per heavy atom. The lowest BCUT2D eigenvalue weighted by atomic mass is 10.1. The number of benzene rings is 1. The second kappa shape index (κ2) is 10.8. The van der Waals surface area contributed by atoms with Gasteiger partial charge in [-0.2, -0.15) is 5.10 Å². The van der Waals surface area contributed by atoms with Crippen molar-refractivity contribution in [3.63, 3.8) is 0 Å². The van der Waals surface area contributed by atoms with Gasteiger partial charge in [0.15, 0.2) is 5.69 Å². The van der Waals surface area contributed by atoms with E-state index in [9.17, 15) is 14.4 Å². The molecule has 10 heteroatoms. The van der Waals surface area contributed by atoms with Crippen LogP contribution in [0.1, 0.15) is 46.2 Å². The number of nitrogens with zero attached hydrogens (tertiary/aromatic N) is 6. The normalized spacial score (nSPS) is 19.6. The molecule has 1 atom stereocenters. The van der Waals surface area contributed by atoms with Gasteiger partial charge in [-0.3, -0.25) is 19.1 Å². The fourth-order valence-corrected chi connectivity index (χ4v) is 6.04. The first-order chi connectivity index (χ1) is 18.3. The van der Waals surface area contributed by atoms with Gasteiger partial charge in [-0.05, 0) is 57.2 Å². The van der Waals surface area contributed by atoms with Gasteiger partial charge in [-0.15, -0.1) is 0 Å². The molecule has 3 heterocycles. The summed E-state index contributed by atoms with van der Waals surface area (Å²) in [5.41, 5.74) is 6.20. The molecule has 0 unspecified atom stereocenters. The van der Waals surface area contributed by atoms with Gasteiger partial charge in [-0.25, -0.2) is 0 Å². The number of aliphatic hydroxyl groups is 1. The highest BCUT2D eigenvalue weighted by atomic mass is 16.3. The number of piperazine rings is 2. The molecule has 38 heavy (non-hydrogen) atoms. The molecule has 2 aliphatic heterocycles. The summed E-state index contributed by atoms with van der Waals surface area (Å²) in [4.78, 5) is 46.3. The maximum atomic E-state index is 13.5. The first-order valence-corrected chi connectivity index (χ1v) is 13.7. The van der Waals surface area contributed by atoms with E-state index in [2.05, 4.69) is 42.0 Å². The molecular formula is C28H38N6O4. The molecule has 0 radical (unpaired) electrons. The van der Waals surface area contributed by atoms with Crippen LogP contribution in [0.2, 0.25) is 0 Å². The van der Waals surface area contributed by atoms with Crippen LogP contribution < -0.4 is 4.90 Å². The summed E-state index contributed by atoms with van der Waals surface area (Å²) in [5.74, 6) is -0.422. The second-order valence-electron chi connectivity index (χ2n) is 10.7. The zero-order valence-electron chi connectivity index (χ0n) is 22.6. The van der Waals surface area contributed by atoms with E-state index in [0.29, 0.717) is 38.4 Å². The van der Waals surface area contributed by atoms with E-state index in [1.54, 1.807) is 14.5 Å². The smallest absolute Gasteiger partial charge is 0.275 e. The molecule has 2 aromatic rings. The van der Waals surface area contributed by atoms with Crippen molar-refractivity contribution in [2.45, 2.75) is 52.6 Å². The van der Waals surface area contributed by atoms with E-state index in [-0.39, 0.29) is 30.3 Å². The van der Waals surface area contributed by atoms with Gasteiger partial charge in [0, 0.05) is 68.8 Å². The van der Waals surface area contributed by atoms with Crippen LogP contribution in [0.5, 0.6) is 0 Å². The molecule has 1 N–H and O–H groups in total. The number of anilines is 1. The Morgan fingerprint density at radius 2 is 1.71 bits per heavy atom. The van der Waals surface area contributed by atoms with Gasteiger partial charge in [0.1, 0.15) is 13.2 Å². The summed E-state index contributed by atoms with van der Waals surface area (Å²) in [7, 11) is 0. The number of rotatable bonds is 5. The van der Waals surface area contributed by atoms with Crippen LogP contribution in [-0.4, -0.2) is 106 Å². The molecule has 2 saturated heterocycles. The summed E-state index contributed by atoms with van der Waals surface area (Å²) in [5, 5.41) is 13.8. The molecule has 1 aromatic heterocycles. The highest BCUT2D eigenvalue weighted by Crippen LogP contribution is 2.28. The number of aryl methyl sites for hydroxylation is 1. The lowest BCUT2D eigenvalue weighted by molar-refractivity contribution is -0.136. The molecule has 1 aliphatic carbocycles. The van der Waals surface area contributed by atoms with E-state index in [1.165, 1.54) is 16.8 Å². The van der Waals surface area contributed by atoms with Crippen molar-refractivity contribution in [1.29, 1.82) is 0 Å². The van der Waals surface area contributed by atoms with E-state index >= 15 is 0 Å². The highest BCUT2D eigenvalue weighted by Gasteiger charge is 2.35. The van der Waals surface area contributed by atoms with Crippen molar-refractivity contribution in [3.05, 3.63) is 46.3 Å². The summed E-state index contributed by atoms with van der Waals surface area (Å²) >= 11 is 0. The molecule has 0 spiro atoms. The molecule has 204 valence electrons. The molecular weight excluding hydrogens is 484 g/mol. The predicted molar refractivity (Wildman–Crippen MR) is 143 cm³/mol. The fraction of sp³-hybridized carbons (Fsp3) is 0.571. The minimum atomic E-state index is -0.521.